The molecule has 31 heavy (non-hydrogen) atoms. The number of benzene rings is 1. The molecule has 3 heterocycles. The number of nitrogens with zero attached hydrogens (tertiary/aromatic N) is 2. The van der Waals surface area contributed by atoms with Crippen LogP contribution >= 0.6 is 0 Å². The molecular weight excluding hydrogens is 388 g/mol. The van der Waals surface area contributed by atoms with E-state index in [9.17, 15) is 9.59 Å². The average Bonchev–Trinajstić information content (AvgIpc) is 3.25. The molecular formula is C25H26N4O2. The molecule has 0 unspecified atom stereocenters. The zero-order valence-corrected chi connectivity index (χ0v) is 17.8. The van der Waals surface area contributed by atoms with Crippen LogP contribution in [0.5, 0.6) is 0 Å². The predicted molar refractivity (Wildman–Crippen MR) is 123 cm³/mol. The maximum absolute atomic E-state index is 12.4. The molecule has 1 aliphatic rings. The van der Waals surface area contributed by atoms with Gasteiger partial charge in [0.25, 0.3) is 11.8 Å². The van der Waals surface area contributed by atoms with Gasteiger partial charge in [0.1, 0.15) is 0 Å². The average molecular weight is 415 g/mol. The number of carbonyl (C=O) groups is 2. The van der Waals surface area contributed by atoms with Crippen LogP contribution in [0.25, 0.3) is 23.4 Å². The lowest BCUT2D eigenvalue weighted by molar-refractivity contribution is 0.0772. The minimum absolute atomic E-state index is 0.0270. The molecule has 6 nitrogen and oxygen atoms in total. The molecule has 4 rings (SSSR count). The Hall–Kier alpha value is -3.67. The van der Waals surface area contributed by atoms with Gasteiger partial charge in [0, 0.05) is 54.8 Å². The Kier molecular flexibility index (Phi) is 5.98. The van der Waals surface area contributed by atoms with Gasteiger partial charge >= 0.3 is 0 Å². The summed E-state index contributed by atoms with van der Waals surface area (Å²) >= 11 is 0. The fourth-order valence-corrected chi connectivity index (χ4v) is 3.77. The van der Waals surface area contributed by atoms with Crippen LogP contribution in [0.1, 0.15) is 51.5 Å². The van der Waals surface area contributed by atoms with Gasteiger partial charge in [0.05, 0.1) is 11.3 Å². The molecule has 0 saturated heterocycles. The molecule has 1 aromatic carbocycles. The molecule has 2 amide bonds. The van der Waals surface area contributed by atoms with Crippen LogP contribution in [0.2, 0.25) is 0 Å². The van der Waals surface area contributed by atoms with Gasteiger partial charge in [0.2, 0.25) is 0 Å². The van der Waals surface area contributed by atoms with E-state index in [-0.39, 0.29) is 11.8 Å². The number of fused-ring (bicyclic) bond motifs is 1. The highest BCUT2D eigenvalue weighted by Crippen LogP contribution is 2.24. The highest BCUT2D eigenvalue weighted by atomic mass is 16.2. The summed E-state index contributed by atoms with van der Waals surface area (Å²) in [6, 6.07) is 13.4. The second-order valence-electron chi connectivity index (χ2n) is 7.48. The first-order chi connectivity index (χ1) is 15.1. The summed E-state index contributed by atoms with van der Waals surface area (Å²) in [5, 5.41) is 2.87. The van der Waals surface area contributed by atoms with Crippen molar-refractivity contribution in [1.82, 2.24) is 20.2 Å². The Bertz CT molecular complexity index is 1120. The number of hydrogen-bond acceptors (Lipinski definition) is 3. The molecule has 0 aliphatic carbocycles. The number of rotatable bonds is 6. The molecule has 6 heteroatoms. The van der Waals surface area contributed by atoms with Gasteiger partial charge in [-0.2, -0.15) is 0 Å². The van der Waals surface area contributed by atoms with Gasteiger partial charge in [-0.05, 0) is 55.8 Å². The second kappa shape index (κ2) is 9.00. The van der Waals surface area contributed by atoms with Crippen molar-refractivity contribution in [3.05, 3.63) is 76.7 Å². The van der Waals surface area contributed by atoms with Gasteiger partial charge in [0.15, 0.2) is 0 Å². The molecule has 0 saturated carbocycles. The minimum atomic E-state index is -0.0270. The number of carbonyl (C=O) groups excluding carboxylic acids is 2. The zero-order chi connectivity index (χ0) is 21.8. The van der Waals surface area contributed by atoms with Crippen molar-refractivity contribution >= 4 is 24.0 Å². The van der Waals surface area contributed by atoms with Crippen molar-refractivity contribution < 1.29 is 9.59 Å². The van der Waals surface area contributed by atoms with E-state index < -0.39 is 0 Å². The van der Waals surface area contributed by atoms with E-state index in [0.717, 1.165) is 40.2 Å². The normalized spacial score (nSPS) is 13.2. The smallest absolute Gasteiger partial charge is 0.253 e. The minimum Gasteiger partial charge on any atom is -0.358 e. The van der Waals surface area contributed by atoms with Gasteiger partial charge in [-0.3, -0.25) is 14.6 Å². The van der Waals surface area contributed by atoms with Crippen LogP contribution in [0.3, 0.4) is 0 Å². The quantitative estimate of drug-likeness (QED) is 0.640. The first kappa shape index (κ1) is 20.6. The summed E-state index contributed by atoms with van der Waals surface area (Å²) in [6.45, 7) is 6.03. The summed E-state index contributed by atoms with van der Waals surface area (Å²) in [6.07, 6.45) is 6.50. The standard InChI is InChI=1S/C25H26N4O2/c1-3-29(4-2)25(31)18-8-5-17(6-9-18)7-10-20-15-19(11-13-26-20)23-16-21-22(28-23)12-14-27-24(21)30/h5-11,13,15-16,28H,3-4,12,14H2,1-2H3,(H,27,30). The lowest BCUT2D eigenvalue weighted by Gasteiger charge is -2.18. The monoisotopic (exact) mass is 414 g/mol. The lowest BCUT2D eigenvalue weighted by atomic mass is 10.1. The highest BCUT2D eigenvalue weighted by molar-refractivity contribution is 5.98. The molecule has 1 aliphatic heterocycles. The van der Waals surface area contributed by atoms with Crippen LogP contribution in [-0.4, -0.2) is 46.3 Å². The molecule has 0 radical (unpaired) electrons. The van der Waals surface area contributed by atoms with E-state index in [4.69, 9.17) is 0 Å². The molecule has 2 aromatic heterocycles. The summed E-state index contributed by atoms with van der Waals surface area (Å²) in [5.41, 5.74) is 6.10. The van der Waals surface area contributed by atoms with E-state index in [1.54, 1.807) is 6.20 Å². The van der Waals surface area contributed by atoms with Crippen LogP contribution in [0.4, 0.5) is 0 Å². The number of aromatic amines is 1. The fraction of sp³-hybridized carbons (Fsp3) is 0.240. The zero-order valence-electron chi connectivity index (χ0n) is 17.8. The van der Waals surface area contributed by atoms with Gasteiger partial charge in [-0.15, -0.1) is 0 Å². The largest absolute Gasteiger partial charge is 0.358 e. The number of H-pyrrole nitrogens is 1. The third-order valence-electron chi connectivity index (χ3n) is 5.55. The van der Waals surface area contributed by atoms with Gasteiger partial charge in [-0.1, -0.05) is 18.2 Å². The molecule has 0 bridgehead atoms. The summed E-state index contributed by atoms with van der Waals surface area (Å²) in [4.78, 5) is 34.1. The molecule has 0 fully saturated rings. The fourth-order valence-electron chi connectivity index (χ4n) is 3.77. The molecule has 2 N–H and O–H groups in total. The Morgan fingerprint density at radius 1 is 1.10 bits per heavy atom. The van der Waals surface area contributed by atoms with E-state index in [1.165, 1.54) is 0 Å². The topological polar surface area (TPSA) is 78.1 Å². The Morgan fingerprint density at radius 2 is 1.87 bits per heavy atom. The second-order valence-corrected chi connectivity index (χ2v) is 7.48. The molecule has 3 aromatic rings. The number of hydrogen-bond donors (Lipinski definition) is 2. The van der Waals surface area contributed by atoms with Crippen LogP contribution in [0, 0.1) is 0 Å². The molecule has 0 atom stereocenters. The van der Waals surface area contributed by atoms with Gasteiger partial charge in [-0.25, -0.2) is 0 Å². The Balaban J connectivity index is 1.50. The van der Waals surface area contributed by atoms with Crippen LogP contribution < -0.4 is 5.32 Å². The maximum atomic E-state index is 12.4. The lowest BCUT2D eigenvalue weighted by Crippen LogP contribution is -2.31. The summed E-state index contributed by atoms with van der Waals surface area (Å²) < 4.78 is 0. The maximum Gasteiger partial charge on any atom is 0.253 e. The first-order valence-corrected chi connectivity index (χ1v) is 10.6. The van der Waals surface area contributed by atoms with E-state index in [1.807, 2.05) is 73.4 Å². The number of aromatic nitrogens is 2. The Morgan fingerprint density at radius 3 is 2.58 bits per heavy atom. The van der Waals surface area contributed by atoms with Gasteiger partial charge < -0.3 is 15.2 Å². The van der Waals surface area contributed by atoms with Crippen molar-refractivity contribution in [2.24, 2.45) is 0 Å². The van der Waals surface area contributed by atoms with Crippen LogP contribution in [-0.2, 0) is 6.42 Å². The van der Waals surface area contributed by atoms with Crippen LogP contribution in [0.15, 0.2) is 48.7 Å². The van der Waals surface area contributed by atoms with Crippen molar-refractivity contribution in [2.45, 2.75) is 20.3 Å². The van der Waals surface area contributed by atoms with E-state index in [2.05, 4.69) is 15.3 Å². The van der Waals surface area contributed by atoms with Crippen molar-refractivity contribution in [3.8, 4) is 11.3 Å². The Labute approximate surface area is 182 Å². The number of amides is 2. The third kappa shape index (κ3) is 4.43. The van der Waals surface area contributed by atoms with Crippen molar-refractivity contribution in [1.29, 1.82) is 0 Å². The van der Waals surface area contributed by atoms with Crippen molar-refractivity contribution in [3.63, 3.8) is 0 Å². The highest BCUT2D eigenvalue weighted by Gasteiger charge is 2.20. The van der Waals surface area contributed by atoms with E-state index >= 15 is 0 Å². The molecule has 158 valence electrons. The molecule has 0 spiro atoms. The first-order valence-electron chi connectivity index (χ1n) is 10.6. The summed E-state index contributed by atoms with van der Waals surface area (Å²) in [7, 11) is 0. The third-order valence-corrected chi connectivity index (χ3v) is 5.55. The summed E-state index contributed by atoms with van der Waals surface area (Å²) in [5.74, 6) is 0.0260. The van der Waals surface area contributed by atoms with E-state index in [0.29, 0.717) is 25.2 Å². The number of pyridine rings is 1. The number of nitrogens with one attached hydrogen (secondary N) is 2. The van der Waals surface area contributed by atoms with Crippen molar-refractivity contribution in [2.75, 3.05) is 19.6 Å². The SMILES string of the molecule is CCN(CC)C(=O)c1ccc(C=Cc2cc(-c3cc4c([nH]3)CCNC4=O)ccn2)cc1. The predicted octanol–water partition coefficient (Wildman–Crippen LogP) is 4.02.